The highest BCUT2D eigenvalue weighted by Gasteiger charge is 2.20. The van der Waals surface area contributed by atoms with Crippen LogP contribution in [-0.2, 0) is 4.79 Å². The van der Waals surface area contributed by atoms with Gasteiger partial charge < -0.3 is 10.1 Å². The lowest BCUT2D eigenvalue weighted by Gasteiger charge is -2.16. The van der Waals surface area contributed by atoms with Crippen LogP contribution in [0.1, 0.15) is 37.0 Å². The van der Waals surface area contributed by atoms with E-state index in [1.165, 1.54) is 28.3 Å². The van der Waals surface area contributed by atoms with Gasteiger partial charge in [0.05, 0.1) is 22.4 Å². The summed E-state index contributed by atoms with van der Waals surface area (Å²) in [4.78, 5) is 17.7. The number of ether oxygens (including phenoxy) is 1. The van der Waals surface area contributed by atoms with Crippen molar-refractivity contribution in [1.29, 1.82) is 0 Å². The lowest BCUT2D eigenvalue weighted by atomic mass is 10.0. The zero-order chi connectivity index (χ0) is 21.0. The Morgan fingerprint density at radius 1 is 1.07 bits per heavy atom. The number of nitrogens with one attached hydrogen (secondary N) is 1. The van der Waals surface area contributed by atoms with E-state index in [2.05, 4.69) is 44.3 Å². The van der Waals surface area contributed by atoms with E-state index >= 15 is 0 Å². The highest BCUT2D eigenvalue weighted by atomic mass is 32.2. The van der Waals surface area contributed by atoms with Crippen molar-refractivity contribution in [2.75, 3.05) is 11.9 Å². The van der Waals surface area contributed by atoms with Gasteiger partial charge in [0.25, 0.3) is 0 Å². The van der Waals surface area contributed by atoms with E-state index in [0.717, 1.165) is 34.0 Å². The molecule has 3 aromatic rings. The van der Waals surface area contributed by atoms with Crippen LogP contribution in [0.3, 0.4) is 0 Å². The topological polar surface area (TPSA) is 51.2 Å². The Labute approximate surface area is 177 Å². The first-order chi connectivity index (χ1) is 13.9. The predicted octanol–water partition coefficient (Wildman–Crippen LogP) is 6.07. The standard InChI is InChI=1S/C24H28N2O2S/c1-6-21(24(27)25-18-8-10-19(11-9-18)28-7-2)29-22-14-16(4)20-13-15(3)12-17(5)23(20)26-22/h8-14,21H,6-7H2,1-5H3,(H,25,27). The summed E-state index contributed by atoms with van der Waals surface area (Å²) >= 11 is 1.52. The Hall–Kier alpha value is -2.53. The minimum atomic E-state index is -0.211. The van der Waals surface area contributed by atoms with Crippen molar-refractivity contribution in [2.24, 2.45) is 0 Å². The molecule has 0 aliphatic rings. The first-order valence-electron chi connectivity index (χ1n) is 10.00. The number of nitrogens with zero attached hydrogens (tertiary/aromatic N) is 1. The fraction of sp³-hybridized carbons (Fsp3) is 0.333. The molecule has 0 bridgehead atoms. The molecule has 0 aliphatic carbocycles. The molecule has 1 aromatic heterocycles. The molecular weight excluding hydrogens is 380 g/mol. The number of aromatic nitrogens is 1. The summed E-state index contributed by atoms with van der Waals surface area (Å²) in [6.45, 7) is 10.9. The van der Waals surface area contributed by atoms with Crippen LogP contribution in [0.2, 0.25) is 0 Å². The minimum Gasteiger partial charge on any atom is -0.494 e. The van der Waals surface area contributed by atoms with Gasteiger partial charge in [-0.15, -0.1) is 0 Å². The van der Waals surface area contributed by atoms with Crippen molar-refractivity contribution in [2.45, 2.75) is 51.3 Å². The lowest BCUT2D eigenvalue weighted by molar-refractivity contribution is -0.115. The molecule has 5 heteroatoms. The monoisotopic (exact) mass is 408 g/mol. The van der Waals surface area contributed by atoms with Gasteiger partial charge in [-0.2, -0.15) is 0 Å². The molecule has 152 valence electrons. The number of benzene rings is 2. The summed E-state index contributed by atoms with van der Waals surface area (Å²) in [5.41, 5.74) is 5.37. The number of rotatable bonds is 7. The number of aryl methyl sites for hydroxylation is 3. The second kappa shape index (κ2) is 9.31. The van der Waals surface area contributed by atoms with E-state index in [1.54, 1.807) is 0 Å². The maximum Gasteiger partial charge on any atom is 0.237 e. The number of amides is 1. The molecule has 1 N–H and O–H groups in total. The molecule has 1 amide bonds. The third kappa shape index (κ3) is 5.10. The van der Waals surface area contributed by atoms with Crippen LogP contribution in [0.25, 0.3) is 10.9 Å². The van der Waals surface area contributed by atoms with Crippen molar-refractivity contribution in [3.05, 3.63) is 59.2 Å². The SMILES string of the molecule is CCOc1ccc(NC(=O)C(CC)Sc2cc(C)c3cc(C)cc(C)c3n2)cc1. The fourth-order valence-corrected chi connectivity index (χ4v) is 4.38. The molecule has 0 saturated heterocycles. The Balaban J connectivity index is 1.77. The van der Waals surface area contributed by atoms with Gasteiger partial charge in [0.2, 0.25) is 5.91 Å². The van der Waals surface area contributed by atoms with Crippen molar-refractivity contribution in [3.63, 3.8) is 0 Å². The molecule has 1 atom stereocenters. The summed E-state index contributed by atoms with van der Waals surface area (Å²) in [5, 5.41) is 4.86. The number of anilines is 1. The molecule has 1 heterocycles. The molecule has 0 fully saturated rings. The molecule has 0 radical (unpaired) electrons. The number of hydrogen-bond donors (Lipinski definition) is 1. The molecule has 4 nitrogen and oxygen atoms in total. The molecule has 0 spiro atoms. The van der Waals surface area contributed by atoms with Crippen LogP contribution in [0.5, 0.6) is 5.75 Å². The maximum atomic E-state index is 12.8. The number of carbonyl (C=O) groups excluding carboxylic acids is 1. The minimum absolute atomic E-state index is 0.0122. The fourth-order valence-electron chi connectivity index (χ4n) is 3.37. The quantitative estimate of drug-likeness (QED) is 0.482. The highest BCUT2D eigenvalue weighted by Crippen LogP contribution is 2.30. The van der Waals surface area contributed by atoms with Crippen molar-refractivity contribution in [3.8, 4) is 5.75 Å². The Morgan fingerprint density at radius 3 is 2.45 bits per heavy atom. The zero-order valence-electron chi connectivity index (χ0n) is 17.7. The van der Waals surface area contributed by atoms with Gasteiger partial charge in [0.15, 0.2) is 0 Å². The van der Waals surface area contributed by atoms with Crippen LogP contribution in [0, 0.1) is 20.8 Å². The summed E-state index contributed by atoms with van der Waals surface area (Å²) in [5.74, 6) is 0.787. The molecule has 3 rings (SSSR count). The third-order valence-electron chi connectivity index (χ3n) is 4.79. The van der Waals surface area contributed by atoms with Crippen molar-refractivity contribution < 1.29 is 9.53 Å². The van der Waals surface area contributed by atoms with E-state index in [9.17, 15) is 4.79 Å². The Bertz CT molecular complexity index is 1020. The number of carbonyl (C=O) groups is 1. The van der Waals surface area contributed by atoms with Gasteiger partial charge in [-0.25, -0.2) is 4.98 Å². The molecule has 1 unspecified atom stereocenters. The normalized spacial score (nSPS) is 12.0. The van der Waals surface area contributed by atoms with E-state index < -0.39 is 0 Å². The van der Waals surface area contributed by atoms with Gasteiger partial charge in [-0.3, -0.25) is 4.79 Å². The van der Waals surface area contributed by atoms with Gasteiger partial charge in [-0.1, -0.05) is 30.3 Å². The smallest absolute Gasteiger partial charge is 0.237 e. The zero-order valence-corrected chi connectivity index (χ0v) is 18.5. The molecular formula is C24H28N2O2S. The summed E-state index contributed by atoms with van der Waals surface area (Å²) in [6, 6.07) is 13.9. The molecule has 0 saturated carbocycles. The molecule has 0 aliphatic heterocycles. The molecule has 2 aromatic carbocycles. The lowest BCUT2D eigenvalue weighted by Crippen LogP contribution is -2.24. The summed E-state index contributed by atoms with van der Waals surface area (Å²) in [6.07, 6.45) is 0.721. The van der Waals surface area contributed by atoms with E-state index in [-0.39, 0.29) is 11.2 Å². The van der Waals surface area contributed by atoms with Crippen LogP contribution in [-0.4, -0.2) is 22.7 Å². The largest absolute Gasteiger partial charge is 0.494 e. The Kier molecular flexibility index (Phi) is 6.80. The van der Waals surface area contributed by atoms with E-state index in [4.69, 9.17) is 9.72 Å². The van der Waals surface area contributed by atoms with E-state index in [0.29, 0.717) is 6.61 Å². The van der Waals surface area contributed by atoms with Gasteiger partial charge >= 0.3 is 0 Å². The van der Waals surface area contributed by atoms with Crippen LogP contribution < -0.4 is 10.1 Å². The van der Waals surface area contributed by atoms with Crippen molar-refractivity contribution >= 4 is 34.3 Å². The summed E-state index contributed by atoms with van der Waals surface area (Å²) in [7, 11) is 0. The number of fused-ring (bicyclic) bond motifs is 1. The van der Waals surface area contributed by atoms with Gasteiger partial charge in [0, 0.05) is 11.1 Å². The van der Waals surface area contributed by atoms with Crippen LogP contribution in [0.15, 0.2) is 47.5 Å². The van der Waals surface area contributed by atoms with Gasteiger partial charge in [0.1, 0.15) is 5.75 Å². The second-order valence-corrected chi connectivity index (χ2v) is 8.44. The number of thioether (sulfide) groups is 1. The maximum absolute atomic E-state index is 12.8. The van der Waals surface area contributed by atoms with Gasteiger partial charge in [-0.05, 0) is 81.6 Å². The first kappa shape index (κ1) is 21.2. The Morgan fingerprint density at radius 2 is 1.79 bits per heavy atom. The van der Waals surface area contributed by atoms with Crippen molar-refractivity contribution in [1.82, 2.24) is 4.98 Å². The third-order valence-corrected chi connectivity index (χ3v) is 6.07. The number of pyridine rings is 1. The average Bonchev–Trinajstić information content (AvgIpc) is 2.68. The highest BCUT2D eigenvalue weighted by molar-refractivity contribution is 8.00. The summed E-state index contributed by atoms with van der Waals surface area (Å²) < 4.78 is 5.45. The van der Waals surface area contributed by atoms with Crippen LogP contribution in [0.4, 0.5) is 5.69 Å². The molecule has 29 heavy (non-hydrogen) atoms. The van der Waals surface area contributed by atoms with E-state index in [1.807, 2.05) is 38.1 Å². The first-order valence-corrected chi connectivity index (χ1v) is 10.9. The average molecular weight is 409 g/mol. The number of hydrogen-bond acceptors (Lipinski definition) is 4. The second-order valence-electron chi connectivity index (χ2n) is 7.22. The predicted molar refractivity (Wildman–Crippen MR) is 122 cm³/mol. The van der Waals surface area contributed by atoms with Crippen LogP contribution >= 0.6 is 11.8 Å².